The minimum absolute atomic E-state index is 0.232. The van der Waals surface area contributed by atoms with E-state index in [9.17, 15) is 9.59 Å². The van der Waals surface area contributed by atoms with Crippen LogP contribution < -0.4 is 20.1 Å². The molecule has 6 nitrogen and oxygen atoms in total. The molecule has 0 saturated heterocycles. The normalized spacial score (nSPS) is 13.5. The molecule has 0 radical (unpaired) electrons. The molecule has 2 amide bonds. The van der Waals surface area contributed by atoms with Crippen molar-refractivity contribution < 1.29 is 19.1 Å². The second-order valence-corrected chi connectivity index (χ2v) is 5.16. The number of carbonyl (C=O) groups excluding carboxylic acids is 2. The fourth-order valence-electron chi connectivity index (χ4n) is 1.80. The van der Waals surface area contributed by atoms with E-state index in [1.807, 2.05) is 0 Å². The molecule has 0 spiro atoms. The van der Waals surface area contributed by atoms with Crippen LogP contribution >= 0.6 is 11.6 Å². The lowest BCUT2D eigenvalue weighted by Gasteiger charge is -2.13. The Morgan fingerprint density at radius 3 is 2.43 bits per heavy atom. The van der Waals surface area contributed by atoms with Gasteiger partial charge in [0, 0.05) is 18.2 Å². The van der Waals surface area contributed by atoms with Gasteiger partial charge in [-0.05, 0) is 12.8 Å². The van der Waals surface area contributed by atoms with Crippen LogP contribution in [0.25, 0.3) is 0 Å². The number of amides is 2. The first-order valence-corrected chi connectivity index (χ1v) is 6.92. The van der Waals surface area contributed by atoms with Gasteiger partial charge in [-0.2, -0.15) is 0 Å². The van der Waals surface area contributed by atoms with E-state index in [4.69, 9.17) is 21.1 Å². The predicted molar refractivity (Wildman–Crippen MR) is 79.0 cm³/mol. The SMILES string of the molecule is COc1cc(NC(=O)CC(=O)NC2CC2)c(OC)cc1Cl. The van der Waals surface area contributed by atoms with Gasteiger partial charge in [-0.25, -0.2) is 0 Å². The highest BCUT2D eigenvalue weighted by atomic mass is 35.5. The lowest BCUT2D eigenvalue weighted by molar-refractivity contribution is -0.126. The maximum Gasteiger partial charge on any atom is 0.233 e. The predicted octanol–water partition coefficient (Wildman–Crippen LogP) is 1.96. The number of benzene rings is 1. The molecule has 1 fully saturated rings. The van der Waals surface area contributed by atoms with Crippen molar-refractivity contribution in [1.29, 1.82) is 0 Å². The highest BCUT2D eigenvalue weighted by molar-refractivity contribution is 6.32. The quantitative estimate of drug-likeness (QED) is 0.787. The van der Waals surface area contributed by atoms with Gasteiger partial charge in [0.05, 0.1) is 24.9 Å². The highest BCUT2D eigenvalue weighted by Crippen LogP contribution is 2.35. The molecule has 0 aromatic heterocycles. The summed E-state index contributed by atoms with van der Waals surface area (Å²) < 4.78 is 10.2. The van der Waals surface area contributed by atoms with Gasteiger partial charge in [0.1, 0.15) is 17.9 Å². The first-order chi connectivity index (χ1) is 10.0. The zero-order valence-electron chi connectivity index (χ0n) is 11.9. The monoisotopic (exact) mass is 312 g/mol. The Labute approximate surface area is 127 Å². The number of carbonyl (C=O) groups is 2. The van der Waals surface area contributed by atoms with Gasteiger partial charge in [0.15, 0.2) is 0 Å². The van der Waals surface area contributed by atoms with Crippen molar-refractivity contribution in [3.8, 4) is 11.5 Å². The number of halogens is 1. The molecular weight excluding hydrogens is 296 g/mol. The topological polar surface area (TPSA) is 76.7 Å². The maximum absolute atomic E-state index is 11.9. The molecule has 0 bridgehead atoms. The van der Waals surface area contributed by atoms with Crippen molar-refractivity contribution in [2.75, 3.05) is 19.5 Å². The van der Waals surface area contributed by atoms with Gasteiger partial charge in [0.2, 0.25) is 11.8 Å². The molecule has 2 rings (SSSR count). The van der Waals surface area contributed by atoms with E-state index < -0.39 is 5.91 Å². The van der Waals surface area contributed by atoms with Crippen LogP contribution in [0.3, 0.4) is 0 Å². The molecule has 21 heavy (non-hydrogen) atoms. The smallest absolute Gasteiger partial charge is 0.233 e. The molecule has 0 atom stereocenters. The molecule has 1 aromatic carbocycles. The Morgan fingerprint density at radius 1 is 1.19 bits per heavy atom. The van der Waals surface area contributed by atoms with Gasteiger partial charge in [-0.15, -0.1) is 0 Å². The van der Waals surface area contributed by atoms with Crippen LogP contribution in [-0.4, -0.2) is 32.1 Å². The van der Waals surface area contributed by atoms with Gasteiger partial charge in [0.25, 0.3) is 0 Å². The third-order valence-corrected chi connectivity index (χ3v) is 3.31. The average Bonchev–Trinajstić information content (AvgIpc) is 3.23. The summed E-state index contributed by atoms with van der Waals surface area (Å²) in [6.45, 7) is 0. The van der Waals surface area contributed by atoms with Crippen molar-refractivity contribution in [2.45, 2.75) is 25.3 Å². The summed E-state index contributed by atoms with van der Waals surface area (Å²) >= 11 is 5.98. The molecule has 1 aromatic rings. The van der Waals surface area contributed by atoms with E-state index >= 15 is 0 Å². The Morgan fingerprint density at radius 2 is 1.86 bits per heavy atom. The highest BCUT2D eigenvalue weighted by Gasteiger charge is 2.24. The largest absolute Gasteiger partial charge is 0.495 e. The van der Waals surface area contributed by atoms with E-state index in [-0.39, 0.29) is 18.4 Å². The molecule has 0 unspecified atom stereocenters. The molecule has 114 valence electrons. The van der Waals surface area contributed by atoms with Crippen LogP contribution in [0.15, 0.2) is 12.1 Å². The number of hydrogen-bond acceptors (Lipinski definition) is 4. The molecule has 1 aliphatic carbocycles. The maximum atomic E-state index is 11.9. The second kappa shape index (κ2) is 6.67. The lowest BCUT2D eigenvalue weighted by Crippen LogP contribution is -2.29. The summed E-state index contributed by atoms with van der Waals surface area (Å²) in [7, 11) is 2.94. The Balaban J connectivity index is 2.02. The summed E-state index contributed by atoms with van der Waals surface area (Å²) in [5.74, 6) is 0.109. The molecule has 1 aliphatic rings. The van der Waals surface area contributed by atoms with Crippen LogP contribution in [0.1, 0.15) is 19.3 Å². The second-order valence-electron chi connectivity index (χ2n) is 4.75. The van der Waals surface area contributed by atoms with Crippen molar-refractivity contribution in [3.05, 3.63) is 17.2 Å². The third kappa shape index (κ3) is 4.26. The molecule has 0 aliphatic heterocycles. The Kier molecular flexibility index (Phi) is 4.90. The summed E-state index contributed by atoms with van der Waals surface area (Å²) in [6, 6.07) is 3.33. The third-order valence-electron chi connectivity index (χ3n) is 3.01. The summed E-state index contributed by atoms with van der Waals surface area (Å²) in [6.07, 6.45) is 1.73. The molecule has 2 N–H and O–H groups in total. The molecule has 7 heteroatoms. The number of ether oxygens (including phenoxy) is 2. The minimum Gasteiger partial charge on any atom is -0.495 e. The van der Waals surface area contributed by atoms with Gasteiger partial charge in [-0.1, -0.05) is 11.6 Å². The first-order valence-electron chi connectivity index (χ1n) is 6.54. The van der Waals surface area contributed by atoms with E-state index in [0.29, 0.717) is 22.2 Å². The van der Waals surface area contributed by atoms with Crippen molar-refractivity contribution in [3.63, 3.8) is 0 Å². The Bertz CT molecular complexity index is 558. The minimum atomic E-state index is -0.421. The number of methoxy groups -OCH3 is 2. The Hall–Kier alpha value is -1.95. The summed E-state index contributed by atoms with van der Waals surface area (Å²) in [5, 5.41) is 5.75. The van der Waals surface area contributed by atoms with Crippen molar-refractivity contribution >= 4 is 29.1 Å². The van der Waals surface area contributed by atoms with Gasteiger partial charge < -0.3 is 20.1 Å². The van der Waals surface area contributed by atoms with Gasteiger partial charge in [-0.3, -0.25) is 9.59 Å². The first kappa shape index (κ1) is 15.4. The van der Waals surface area contributed by atoms with Crippen LogP contribution in [0.4, 0.5) is 5.69 Å². The van der Waals surface area contributed by atoms with Crippen LogP contribution in [0.5, 0.6) is 11.5 Å². The number of anilines is 1. The summed E-state index contributed by atoms with van der Waals surface area (Å²) in [4.78, 5) is 23.5. The molecule has 1 saturated carbocycles. The van der Waals surface area contributed by atoms with E-state index in [2.05, 4.69) is 10.6 Å². The van der Waals surface area contributed by atoms with Crippen LogP contribution in [-0.2, 0) is 9.59 Å². The fourth-order valence-corrected chi connectivity index (χ4v) is 2.04. The molecule has 0 heterocycles. The zero-order chi connectivity index (χ0) is 15.4. The zero-order valence-corrected chi connectivity index (χ0v) is 12.6. The standard InChI is InChI=1S/C14H17ClN2O4/c1-20-11-6-10(12(21-2)5-9(11)15)17-14(19)7-13(18)16-8-3-4-8/h5-6,8H,3-4,7H2,1-2H3,(H,16,18)(H,17,19). The van der Waals surface area contributed by atoms with E-state index in [0.717, 1.165) is 12.8 Å². The van der Waals surface area contributed by atoms with E-state index in [1.54, 1.807) is 12.1 Å². The molecular formula is C14H17ClN2O4. The number of hydrogen-bond donors (Lipinski definition) is 2. The van der Waals surface area contributed by atoms with Gasteiger partial charge >= 0.3 is 0 Å². The fraction of sp³-hybridized carbons (Fsp3) is 0.429. The van der Waals surface area contributed by atoms with Crippen molar-refractivity contribution in [1.82, 2.24) is 5.32 Å². The van der Waals surface area contributed by atoms with Crippen LogP contribution in [0, 0.1) is 0 Å². The van der Waals surface area contributed by atoms with Crippen LogP contribution in [0.2, 0.25) is 5.02 Å². The summed E-state index contributed by atoms with van der Waals surface area (Å²) in [5.41, 5.74) is 0.406. The number of nitrogens with one attached hydrogen (secondary N) is 2. The average molecular weight is 313 g/mol. The number of rotatable bonds is 6. The van der Waals surface area contributed by atoms with Crippen molar-refractivity contribution in [2.24, 2.45) is 0 Å². The van der Waals surface area contributed by atoms with E-state index in [1.165, 1.54) is 14.2 Å². The lowest BCUT2D eigenvalue weighted by atomic mass is 10.2.